The van der Waals surface area contributed by atoms with Crippen LogP contribution in [0.3, 0.4) is 0 Å². The van der Waals surface area contributed by atoms with Crippen molar-refractivity contribution in [3.63, 3.8) is 0 Å². The van der Waals surface area contributed by atoms with Crippen LogP contribution in [0.5, 0.6) is 0 Å². The normalized spacial score (nSPS) is 20.9. The maximum atomic E-state index is 12.5. The van der Waals surface area contributed by atoms with Gasteiger partial charge in [-0.05, 0) is 31.7 Å². The number of primary amides is 1. The first kappa shape index (κ1) is 17.6. The van der Waals surface area contributed by atoms with E-state index < -0.39 is 5.41 Å². The van der Waals surface area contributed by atoms with Gasteiger partial charge in [-0.2, -0.15) is 0 Å². The molecule has 0 spiro atoms. The van der Waals surface area contributed by atoms with Crippen molar-refractivity contribution < 1.29 is 14.3 Å². The fourth-order valence-corrected chi connectivity index (χ4v) is 3.47. The van der Waals surface area contributed by atoms with Crippen LogP contribution in [0.4, 0.5) is 5.95 Å². The minimum Gasteiger partial charge on any atom is -0.381 e. The molecule has 1 aromatic rings. The molecule has 0 radical (unpaired) electrons. The lowest BCUT2D eigenvalue weighted by atomic mass is 9.79. The van der Waals surface area contributed by atoms with Crippen LogP contribution in [0, 0.1) is 11.3 Å². The van der Waals surface area contributed by atoms with Crippen LogP contribution in [0.2, 0.25) is 0 Å². The van der Waals surface area contributed by atoms with Crippen LogP contribution in [0.1, 0.15) is 25.7 Å². The lowest BCUT2D eigenvalue weighted by Gasteiger charge is -2.35. The van der Waals surface area contributed by atoms with E-state index in [0.29, 0.717) is 38.5 Å². The molecular formula is C17H25N5O3. The van der Waals surface area contributed by atoms with Crippen molar-refractivity contribution >= 4 is 17.8 Å². The van der Waals surface area contributed by atoms with Gasteiger partial charge in [0, 0.05) is 51.2 Å². The third kappa shape index (κ3) is 4.07. The van der Waals surface area contributed by atoms with Crippen molar-refractivity contribution in [2.45, 2.75) is 25.7 Å². The van der Waals surface area contributed by atoms with Crippen LogP contribution < -0.4 is 16.0 Å². The fourth-order valence-electron chi connectivity index (χ4n) is 3.47. The van der Waals surface area contributed by atoms with Crippen molar-refractivity contribution in [3.05, 3.63) is 18.5 Å². The molecule has 2 amide bonds. The van der Waals surface area contributed by atoms with Crippen LogP contribution in [0.25, 0.3) is 0 Å². The highest BCUT2D eigenvalue weighted by Gasteiger charge is 2.39. The van der Waals surface area contributed by atoms with Gasteiger partial charge in [0.1, 0.15) is 0 Å². The summed E-state index contributed by atoms with van der Waals surface area (Å²) in [6, 6.07) is 1.79. The summed E-state index contributed by atoms with van der Waals surface area (Å²) >= 11 is 0. The average molecular weight is 347 g/mol. The number of rotatable bonds is 5. The molecule has 0 bridgehead atoms. The Hall–Kier alpha value is -2.22. The Morgan fingerprint density at radius 3 is 2.48 bits per heavy atom. The molecule has 3 N–H and O–H groups in total. The molecular weight excluding hydrogens is 322 g/mol. The van der Waals surface area contributed by atoms with E-state index in [0.717, 1.165) is 25.9 Å². The van der Waals surface area contributed by atoms with Gasteiger partial charge in [0.2, 0.25) is 17.8 Å². The van der Waals surface area contributed by atoms with Crippen molar-refractivity contribution in [1.82, 2.24) is 15.3 Å². The zero-order valence-corrected chi connectivity index (χ0v) is 14.3. The molecule has 0 saturated carbocycles. The number of carbonyl (C=O) groups excluding carboxylic acids is 2. The maximum absolute atomic E-state index is 12.5. The molecule has 0 aliphatic carbocycles. The summed E-state index contributed by atoms with van der Waals surface area (Å²) in [7, 11) is 0. The summed E-state index contributed by atoms with van der Waals surface area (Å²) in [5, 5.41) is 2.95. The quantitative estimate of drug-likeness (QED) is 0.781. The standard InChI is InChI=1S/C17H25N5O3/c18-15(24)17(4-10-25-11-5-17)12-21-14(23)13-2-8-22(9-3-13)16-19-6-1-7-20-16/h1,6-7,13H,2-5,8-12H2,(H2,18,24)(H,21,23). The number of nitrogens with two attached hydrogens (primary N) is 1. The smallest absolute Gasteiger partial charge is 0.225 e. The van der Waals surface area contributed by atoms with E-state index >= 15 is 0 Å². The van der Waals surface area contributed by atoms with Crippen LogP contribution in [0.15, 0.2) is 18.5 Å². The van der Waals surface area contributed by atoms with Crippen molar-refractivity contribution in [2.75, 3.05) is 37.7 Å². The SMILES string of the molecule is NC(=O)C1(CNC(=O)C2CCN(c3ncccn3)CC2)CCOCC1. The predicted octanol–water partition coefficient (Wildman–Crippen LogP) is 0.0913. The molecule has 2 fully saturated rings. The molecule has 136 valence electrons. The minimum absolute atomic E-state index is 0.000692. The van der Waals surface area contributed by atoms with E-state index in [1.807, 2.05) is 0 Å². The number of piperidine rings is 1. The molecule has 8 heteroatoms. The van der Waals surface area contributed by atoms with E-state index in [2.05, 4.69) is 20.2 Å². The van der Waals surface area contributed by atoms with Gasteiger partial charge in [-0.25, -0.2) is 9.97 Å². The third-order valence-electron chi connectivity index (χ3n) is 5.27. The van der Waals surface area contributed by atoms with Gasteiger partial charge in [-0.3, -0.25) is 9.59 Å². The van der Waals surface area contributed by atoms with Gasteiger partial charge < -0.3 is 20.7 Å². The number of hydrogen-bond acceptors (Lipinski definition) is 6. The van der Waals surface area contributed by atoms with E-state index in [1.54, 1.807) is 18.5 Å². The monoisotopic (exact) mass is 347 g/mol. The number of aromatic nitrogens is 2. The molecule has 25 heavy (non-hydrogen) atoms. The molecule has 2 aliphatic heterocycles. The molecule has 2 aliphatic rings. The highest BCUT2D eigenvalue weighted by Crippen LogP contribution is 2.30. The summed E-state index contributed by atoms with van der Waals surface area (Å²) < 4.78 is 5.31. The Labute approximate surface area is 147 Å². The van der Waals surface area contributed by atoms with Gasteiger partial charge >= 0.3 is 0 Å². The molecule has 0 atom stereocenters. The Bertz CT molecular complexity index is 596. The number of ether oxygens (including phenoxy) is 1. The lowest BCUT2D eigenvalue weighted by Crippen LogP contribution is -2.51. The van der Waals surface area contributed by atoms with Crippen molar-refractivity contribution in [2.24, 2.45) is 17.1 Å². The summed E-state index contributed by atoms with van der Waals surface area (Å²) in [6.07, 6.45) is 6.06. The van der Waals surface area contributed by atoms with Gasteiger partial charge in [-0.1, -0.05) is 0 Å². The predicted molar refractivity (Wildman–Crippen MR) is 91.7 cm³/mol. The van der Waals surface area contributed by atoms with Crippen LogP contribution in [-0.2, 0) is 14.3 Å². The summed E-state index contributed by atoms with van der Waals surface area (Å²) in [5.74, 6) is 0.300. The minimum atomic E-state index is -0.674. The van der Waals surface area contributed by atoms with Crippen molar-refractivity contribution in [1.29, 1.82) is 0 Å². The van der Waals surface area contributed by atoms with Gasteiger partial charge in [0.15, 0.2) is 0 Å². The van der Waals surface area contributed by atoms with E-state index in [4.69, 9.17) is 10.5 Å². The fraction of sp³-hybridized carbons (Fsp3) is 0.647. The lowest BCUT2D eigenvalue weighted by molar-refractivity contribution is -0.134. The number of nitrogens with one attached hydrogen (secondary N) is 1. The summed E-state index contributed by atoms with van der Waals surface area (Å²) in [4.78, 5) is 35.0. The number of carbonyl (C=O) groups is 2. The Balaban J connectivity index is 1.50. The first-order valence-corrected chi connectivity index (χ1v) is 8.78. The molecule has 2 saturated heterocycles. The Morgan fingerprint density at radius 2 is 1.88 bits per heavy atom. The van der Waals surface area contributed by atoms with E-state index in [-0.39, 0.29) is 17.7 Å². The van der Waals surface area contributed by atoms with Gasteiger partial charge in [0.25, 0.3) is 0 Å². The maximum Gasteiger partial charge on any atom is 0.225 e. The second-order valence-electron chi connectivity index (χ2n) is 6.78. The molecule has 0 aromatic carbocycles. The highest BCUT2D eigenvalue weighted by molar-refractivity contribution is 5.83. The second kappa shape index (κ2) is 7.77. The number of amides is 2. The first-order chi connectivity index (χ1) is 12.1. The van der Waals surface area contributed by atoms with E-state index in [9.17, 15) is 9.59 Å². The second-order valence-corrected chi connectivity index (χ2v) is 6.78. The summed E-state index contributed by atoms with van der Waals surface area (Å²) in [5.41, 5.74) is 4.91. The number of hydrogen-bond donors (Lipinski definition) is 2. The zero-order chi connectivity index (χ0) is 17.7. The zero-order valence-electron chi connectivity index (χ0n) is 14.3. The first-order valence-electron chi connectivity index (χ1n) is 8.78. The molecule has 1 aromatic heterocycles. The van der Waals surface area contributed by atoms with Gasteiger partial charge in [0.05, 0.1) is 5.41 Å². The molecule has 3 rings (SSSR count). The van der Waals surface area contributed by atoms with Crippen LogP contribution in [-0.4, -0.2) is 54.6 Å². The number of nitrogens with zero attached hydrogens (tertiary/aromatic N) is 3. The van der Waals surface area contributed by atoms with Gasteiger partial charge in [-0.15, -0.1) is 0 Å². The average Bonchev–Trinajstić information content (AvgIpc) is 2.67. The summed E-state index contributed by atoms with van der Waals surface area (Å²) in [6.45, 7) is 2.81. The Kier molecular flexibility index (Phi) is 5.47. The third-order valence-corrected chi connectivity index (χ3v) is 5.27. The molecule has 0 unspecified atom stereocenters. The molecule has 3 heterocycles. The largest absolute Gasteiger partial charge is 0.381 e. The Morgan fingerprint density at radius 1 is 1.24 bits per heavy atom. The topological polar surface area (TPSA) is 110 Å². The number of anilines is 1. The van der Waals surface area contributed by atoms with Crippen molar-refractivity contribution in [3.8, 4) is 0 Å². The van der Waals surface area contributed by atoms with Crippen LogP contribution >= 0.6 is 0 Å². The van der Waals surface area contributed by atoms with E-state index in [1.165, 1.54) is 0 Å². The molecule has 8 nitrogen and oxygen atoms in total. The highest BCUT2D eigenvalue weighted by atomic mass is 16.5.